The van der Waals surface area contributed by atoms with Gasteiger partial charge in [-0.2, -0.15) is 10.2 Å². The standard InChI is InChI=1S/C23H20N6O2/c1-15-21-17(13-18(19-9-6-12-31-19)25-22(21)28(2)27-15)23(30)26-20-10-11-24-29(20)14-16-7-4-3-5-8-16/h3-13H,14H2,1-2H3,(H,26,30). The van der Waals surface area contributed by atoms with E-state index in [1.807, 2.05) is 50.4 Å². The number of furan rings is 1. The van der Waals surface area contributed by atoms with Crippen molar-refractivity contribution in [2.45, 2.75) is 13.5 Å². The molecule has 0 aliphatic heterocycles. The van der Waals surface area contributed by atoms with Gasteiger partial charge in [-0.25, -0.2) is 9.67 Å². The van der Waals surface area contributed by atoms with E-state index in [4.69, 9.17) is 4.42 Å². The van der Waals surface area contributed by atoms with Gasteiger partial charge in [0.25, 0.3) is 5.91 Å². The molecule has 0 atom stereocenters. The molecule has 1 aromatic carbocycles. The second-order valence-corrected chi connectivity index (χ2v) is 7.25. The third-order valence-electron chi connectivity index (χ3n) is 5.12. The van der Waals surface area contributed by atoms with Crippen LogP contribution in [0.25, 0.3) is 22.5 Å². The summed E-state index contributed by atoms with van der Waals surface area (Å²) < 4.78 is 8.94. The first-order valence-corrected chi connectivity index (χ1v) is 9.85. The van der Waals surface area contributed by atoms with Gasteiger partial charge in [0.05, 0.1) is 35.6 Å². The lowest BCUT2D eigenvalue weighted by molar-refractivity contribution is 0.102. The molecule has 4 aromatic heterocycles. The fourth-order valence-corrected chi connectivity index (χ4v) is 3.68. The smallest absolute Gasteiger partial charge is 0.257 e. The Labute approximate surface area is 178 Å². The van der Waals surface area contributed by atoms with Crippen LogP contribution in [-0.4, -0.2) is 30.5 Å². The van der Waals surface area contributed by atoms with E-state index in [2.05, 4.69) is 20.5 Å². The normalized spacial score (nSPS) is 11.2. The summed E-state index contributed by atoms with van der Waals surface area (Å²) in [7, 11) is 1.81. The molecule has 0 aliphatic rings. The molecule has 5 aromatic rings. The highest BCUT2D eigenvalue weighted by Gasteiger charge is 2.21. The van der Waals surface area contributed by atoms with Crippen molar-refractivity contribution in [2.75, 3.05) is 5.32 Å². The number of rotatable bonds is 5. The summed E-state index contributed by atoms with van der Waals surface area (Å²) >= 11 is 0. The van der Waals surface area contributed by atoms with Gasteiger partial charge >= 0.3 is 0 Å². The monoisotopic (exact) mass is 412 g/mol. The van der Waals surface area contributed by atoms with Gasteiger partial charge in [0.15, 0.2) is 11.4 Å². The molecule has 0 saturated carbocycles. The number of anilines is 1. The van der Waals surface area contributed by atoms with E-state index in [-0.39, 0.29) is 5.91 Å². The molecule has 0 radical (unpaired) electrons. The number of nitrogens with one attached hydrogen (secondary N) is 1. The maximum Gasteiger partial charge on any atom is 0.257 e. The molecule has 154 valence electrons. The minimum Gasteiger partial charge on any atom is -0.463 e. The van der Waals surface area contributed by atoms with Crippen molar-refractivity contribution in [3.05, 3.63) is 83.9 Å². The highest BCUT2D eigenvalue weighted by molar-refractivity contribution is 6.13. The van der Waals surface area contributed by atoms with E-state index in [0.29, 0.717) is 40.4 Å². The van der Waals surface area contributed by atoms with Crippen LogP contribution in [0.1, 0.15) is 21.6 Å². The van der Waals surface area contributed by atoms with E-state index >= 15 is 0 Å². The Morgan fingerprint density at radius 1 is 1.13 bits per heavy atom. The maximum atomic E-state index is 13.4. The Morgan fingerprint density at radius 3 is 2.74 bits per heavy atom. The second-order valence-electron chi connectivity index (χ2n) is 7.25. The number of carbonyl (C=O) groups excluding carboxylic acids is 1. The van der Waals surface area contributed by atoms with E-state index in [1.165, 1.54) is 0 Å². The van der Waals surface area contributed by atoms with Crippen LogP contribution < -0.4 is 5.32 Å². The minimum absolute atomic E-state index is 0.258. The lowest BCUT2D eigenvalue weighted by atomic mass is 10.1. The molecule has 1 N–H and O–H groups in total. The fourth-order valence-electron chi connectivity index (χ4n) is 3.68. The summed E-state index contributed by atoms with van der Waals surface area (Å²) in [5, 5.41) is 12.5. The minimum atomic E-state index is -0.258. The number of aromatic nitrogens is 5. The van der Waals surface area contributed by atoms with Crippen LogP contribution in [0.5, 0.6) is 0 Å². The Balaban J connectivity index is 1.53. The van der Waals surface area contributed by atoms with Gasteiger partial charge in [-0.3, -0.25) is 9.48 Å². The van der Waals surface area contributed by atoms with Crippen molar-refractivity contribution in [2.24, 2.45) is 7.05 Å². The Bertz CT molecular complexity index is 1370. The number of carbonyl (C=O) groups is 1. The molecule has 0 fully saturated rings. The largest absolute Gasteiger partial charge is 0.463 e. The molecule has 5 rings (SSSR count). The maximum absolute atomic E-state index is 13.4. The van der Waals surface area contributed by atoms with Crippen molar-refractivity contribution in [1.29, 1.82) is 0 Å². The zero-order valence-corrected chi connectivity index (χ0v) is 17.1. The summed E-state index contributed by atoms with van der Waals surface area (Å²) in [5.41, 5.74) is 3.50. The van der Waals surface area contributed by atoms with Crippen molar-refractivity contribution in [1.82, 2.24) is 24.5 Å². The summed E-state index contributed by atoms with van der Waals surface area (Å²) in [6, 6.07) is 17.1. The zero-order valence-electron chi connectivity index (χ0n) is 17.1. The van der Waals surface area contributed by atoms with Crippen molar-refractivity contribution < 1.29 is 9.21 Å². The van der Waals surface area contributed by atoms with Gasteiger partial charge < -0.3 is 9.73 Å². The molecule has 1 amide bonds. The highest BCUT2D eigenvalue weighted by Crippen LogP contribution is 2.27. The van der Waals surface area contributed by atoms with Gasteiger partial charge in [0.1, 0.15) is 11.5 Å². The van der Waals surface area contributed by atoms with E-state index in [9.17, 15) is 4.79 Å². The number of aryl methyl sites for hydroxylation is 2. The first-order chi connectivity index (χ1) is 15.1. The first kappa shape index (κ1) is 18.8. The third-order valence-corrected chi connectivity index (χ3v) is 5.12. The number of benzene rings is 1. The Hall–Kier alpha value is -4.20. The molecule has 0 bridgehead atoms. The van der Waals surface area contributed by atoms with Crippen molar-refractivity contribution in [3.63, 3.8) is 0 Å². The SMILES string of the molecule is Cc1nn(C)c2nc(-c3ccco3)cc(C(=O)Nc3ccnn3Cc3ccccc3)c12. The summed E-state index contributed by atoms with van der Waals surface area (Å²) in [4.78, 5) is 18.0. The van der Waals surface area contributed by atoms with Gasteiger partial charge in [0, 0.05) is 13.1 Å². The fraction of sp³-hybridized carbons (Fsp3) is 0.130. The number of fused-ring (bicyclic) bond motifs is 1. The van der Waals surface area contributed by atoms with Crippen LogP contribution >= 0.6 is 0 Å². The average molecular weight is 412 g/mol. The van der Waals surface area contributed by atoms with Crippen LogP contribution in [0.2, 0.25) is 0 Å². The topological polar surface area (TPSA) is 90.8 Å². The predicted octanol–water partition coefficient (Wildman–Crippen LogP) is 4.03. The summed E-state index contributed by atoms with van der Waals surface area (Å²) in [6.45, 7) is 2.42. The number of nitrogens with zero attached hydrogens (tertiary/aromatic N) is 5. The number of hydrogen-bond donors (Lipinski definition) is 1. The summed E-state index contributed by atoms with van der Waals surface area (Å²) in [6.07, 6.45) is 3.25. The van der Waals surface area contributed by atoms with Gasteiger partial charge in [-0.15, -0.1) is 0 Å². The number of amides is 1. The molecule has 8 heteroatoms. The second kappa shape index (κ2) is 7.56. The molecular formula is C23H20N6O2. The predicted molar refractivity (Wildman–Crippen MR) is 117 cm³/mol. The van der Waals surface area contributed by atoms with Gasteiger partial charge in [-0.1, -0.05) is 30.3 Å². The first-order valence-electron chi connectivity index (χ1n) is 9.85. The molecule has 0 spiro atoms. The van der Waals surface area contributed by atoms with E-state index in [0.717, 1.165) is 11.3 Å². The summed E-state index contributed by atoms with van der Waals surface area (Å²) in [5.74, 6) is 0.940. The van der Waals surface area contributed by atoms with Crippen LogP contribution in [-0.2, 0) is 13.6 Å². The molecule has 4 heterocycles. The van der Waals surface area contributed by atoms with Gasteiger partial charge in [0.2, 0.25) is 0 Å². The van der Waals surface area contributed by atoms with E-state index < -0.39 is 0 Å². The molecule has 8 nitrogen and oxygen atoms in total. The van der Waals surface area contributed by atoms with E-state index in [1.54, 1.807) is 40.0 Å². The van der Waals surface area contributed by atoms with Crippen LogP contribution in [0, 0.1) is 6.92 Å². The molecule has 0 unspecified atom stereocenters. The highest BCUT2D eigenvalue weighted by atomic mass is 16.3. The molecular weight excluding hydrogens is 392 g/mol. The van der Waals surface area contributed by atoms with Crippen LogP contribution in [0.15, 0.2) is 71.5 Å². The zero-order chi connectivity index (χ0) is 21.4. The molecule has 31 heavy (non-hydrogen) atoms. The number of hydrogen-bond acceptors (Lipinski definition) is 5. The quantitative estimate of drug-likeness (QED) is 0.471. The Morgan fingerprint density at radius 2 is 1.97 bits per heavy atom. The van der Waals surface area contributed by atoms with Crippen LogP contribution in [0.3, 0.4) is 0 Å². The third kappa shape index (κ3) is 3.48. The van der Waals surface area contributed by atoms with Crippen LogP contribution in [0.4, 0.5) is 5.82 Å². The lowest BCUT2D eigenvalue weighted by Gasteiger charge is -2.11. The number of pyridine rings is 1. The molecule has 0 saturated heterocycles. The Kier molecular flexibility index (Phi) is 4.59. The van der Waals surface area contributed by atoms with Crippen molar-refractivity contribution >= 4 is 22.8 Å². The lowest BCUT2D eigenvalue weighted by Crippen LogP contribution is -2.17. The average Bonchev–Trinajstić information content (AvgIpc) is 3.51. The van der Waals surface area contributed by atoms with Gasteiger partial charge in [-0.05, 0) is 30.7 Å². The van der Waals surface area contributed by atoms with Crippen molar-refractivity contribution in [3.8, 4) is 11.5 Å². The molecule has 0 aliphatic carbocycles.